The number of rotatable bonds is 13. The molecule has 0 radical (unpaired) electrons. The van der Waals surface area contributed by atoms with Crippen LogP contribution in [-0.4, -0.2) is 62.6 Å². The molecule has 1 fully saturated rings. The third-order valence-electron chi connectivity index (χ3n) is 6.55. The number of ether oxygens (including phenoxy) is 3. The van der Waals surface area contributed by atoms with Gasteiger partial charge in [-0.15, -0.1) is 0 Å². The molecule has 1 aliphatic rings. The summed E-state index contributed by atoms with van der Waals surface area (Å²) >= 11 is 0. The van der Waals surface area contributed by atoms with Gasteiger partial charge in [-0.05, 0) is 70.0 Å². The number of hydrogen-bond donors (Lipinski definition) is 1. The molecule has 1 amide bonds. The van der Waals surface area contributed by atoms with Crippen molar-refractivity contribution in [3.8, 4) is 17.2 Å². The van der Waals surface area contributed by atoms with Gasteiger partial charge in [0.1, 0.15) is 5.75 Å². The normalized spacial score (nSPS) is 16.9. The Hall–Kier alpha value is -3.52. The summed E-state index contributed by atoms with van der Waals surface area (Å²) in [6.45, 7) is 14.0. The molecule has 3 rings (SSSR count). The van der Waals surface area contributed by atoms with Gasteiger partial charge in [0.05, 0.1) is 52.0 Å². The van der Waals surface area contributed by atoms with Crippen molar-refractivity contribution in [2.75, 3.05) is 46.0 Å². The molecule has 0 aromatic heterocycles. The molecular formula is C29H38N2O6. The van der Waals surface area contributed by atoms with Crippen LogP contribution < -0.4 is 24.2 Å². The number of carbonyl (C=O) groups is 2. The van der Waals surface area contributed by atoms with Crippen LogP contribution >= 0.6 is 0 Å². The van der Waals surface area contributed by atoms with E-state index >= 15 is 0 Å². The molecular weight excluding hydrogens is 472 g/mol. The minimum atomic E-state index is -0.816. The van der Waals surface area contributed by atoms with Crippen molar-refractivity contribution in [2.45, 2.75) is 40.7 Å². The molecule has 0 aliphatic carbocycles. The Morgan fingerprint density at radius 1 is 0.865 bits per heavy atom. The maximum atomic E-state index is 13.7. The van der Waals surface area contributed by atoms with Gasteiger partial charge in [0.2, 0.25) is 5.78 Å². The third kappa shape index (κ3) is 6.25. The second kappa shape index (κ2) is 13.1. The van der Waals surface area contributed by atoms with Crippen LogP contribution in [0.1, 0.15) is 51.8 Å². The fraction of sp³-hybridized carbons (Fsp3) is 0.448. The van der Waals surface area contributed by atoms with Crippen LogP contribution in [0.2, 0.25) is 0 Å². The lowest BCUT2D eigenvalue weighted by molar-refractivity contribution is -0.895. The molecule has 2 aromatic rings. The van der Waals surface area contributed by atoms with Crippen molar-refractivity contribution < 1.29 is 33.8 Å². The zero-order chi connectivity index (χ0) is 26.9. The van der Waals surface area contributed by atoms with Gasteiger partial charge in [-0.1, -0.05) is 24.0 Å². The number of carbonyl (C=O) groups excluding carboxylic acids is 2. The van der Waals surface area contributed by atoms with E-state index in [9.17, 15) is 14.7 Å². The molecule has 1 unspecified atom stereocenters. The Labute approximate surface area is 219 Å². The lowest BCUT2D eigenvalue weighted by Crippen LogP contribution is -3.12. The Bertz CT molecular complexity index is 1110. The second-order valence-corrected chi connectivity index (χ2v) is 8.71. The molecule has 8 heteroatoms. The number of ketones is 1. The van der Waals surface area contributed by atoms with E-state index in [0.29, 0.717) is 61.3 Å². The quantitative estimate of drug-likeness (QED) is 0.252. The minimum absolute atomic E-state index is 0.0460. The number of benzene rings is 2. The first-order valence-electron chi connectivity index (χ1n) is 13.1. The van der Waals surface area contributed by atoms with E-state index in [1.165, 1.54) is 9.80 Å². The predicted octanol–water partition coefficient (Wildman–Crippen LogP) is 2.03. The Morgan fingerprint density at radius 3 is 2.08 bits per heavy atom. The van der Waals surface area contributed by atoms with Gasteiger partial charge in [0.15, 0.2) is 11.5 Å². The average molecular weight is 511 g/mol. The van der Waals surface area contributed by atoms with E-state index in [4.69, 9.17) is 14.2 Å². The molecule has 200 valence electrons. The highest BCUT2D eigenvalue weighted by Crippen LogP contribution is 2.41. The summed E-state index contributed by atoms with van der Waals surface area (Å²) in [5, 5.41) is 13.7. The standard InChI is InChI=1S/C29H38N2O6/c1-6-30(7-2)17-18-31-26(21-13-16-23(36-9-4)24(19-21)37-10-5)25(28(33)29(31)34)27(32)20-11-14-22(15-12-20)35-8-3/h11-16,19,26,32H,6-10,17-18H2,1-5H3. The van der Waals surface area contributed by atoms with Crippen LogP contribution in [0.25, 0.3) is 5.76 Å². The van der Waals surface area contributed by atoms with Crippen molar-refractivity contribution >= 4 is 17.4 Å². The lowest BCUT2D eigenvalue weighted by atomic mass is 9.95. The number of quaternary nitrogens is 1. The van der Waals surface area contributed by atoms with Crippen molar-refractivity contribution in [1.82, 2.24) is 4.90 Å². The van der Waals surface area contributed by atoms with E-state index in [0.717, 1.165) is 13.1 Å². The van der Waals surface area contributed by atoms with Crippen LogP contribution in [0, 0.1) is 0 Å². The van der Waals surface area contributed by atoms with Crippen molar-refractivity contribution in [1.29, 1.82) is 0 Å². The molecule has 0 bridgehead atoms. The SMILES string of the molecule is CCOc1ccc(C([O-])=C2C(=O)C(=O)N(CC[NH+](CC)CC)C2c2ccc(OCC)c(OCC)c2)cc1. The summed E-state index contributed by atoms with van der Waals surface area (Å²) in [7, 11) is 0. The van der Waals surface area contributed by atoms with Crippen LogP contribution in [0.15, 0.2) is 48.0 Å². The van der Waals surface area contributed by atoms with Crippen LogP contribution in [0.3, 0.4) is 0 Å². The molecule has 37 heavy (non-hydrogen) atoms. The average Bonchev–Trinajstić information content (AvgIpc) is 3.16. The van der Waals surface area contributed by atoms with Gasteiger partial charge in [-0.25, -0.2) is 0 Å². The number of nitrogens with one attached hydrogen (secondary N) is 1. The van der Waals surface area contributed by atoms with E-state index < -0.39 is 23.5 Å². The Kier molecular flexibility index (Phi) is 9.97. The number of amides is 1. The molecule has 1 saturated heterocycles. The first kappa shape index (κ1) is 28.1. The predicted molar refractivity (Wildman–Crippen MR) is 140 cm³/mol. The highest BCUT2D eigenvalue weighted by atomic mass is 16.5. The first-order valence-corrected chi connectivity index (χ1v) is 13.1. The molecule has 1 atom stereocenters. The summed E-state index contributed by atoms with van der Waals surface area (Å²) < 4.78 is 17.0. The monoisotopic (exact) mass is 510 g/mol. The summed E-state index contributed by atoms with van der Waals surface area (Å²) in [6, 6.07) is 11.2. The van der Waals surface area contributed by atoms with Gasteiger partial charge >= 0.3 is 0 Å². The maximum absolute atomic E-state index is 13.7. The van der Waals surface area contributed by atoms with Gasteiger partial charge in [-0.2, -0.15) is 0 Å². The third-order valence-corrected chi connectivity index (χ3v) is 6.55. The van der Waals surface area contributed by atoms with Gasteiger partial charge in [0.25, 0.3) is 5.91 Å². The van der Waals surface area contributed by atoms with Crippen LogP contribution in [0.4, 0.5) is 0 Å². The molecule has 8 nitrogen and oxygen atoms in total. The molecule has 1 aliphatic heterocycles. The maximum Gasteiger partial charge on any atom is 0.295 e. The largest absolute Gasteiger partial charge is 0.872 e. The molecule has 0 saturated carbocycles. The first-order chi connectivity index (χ1) is 17.9. The molecule has 1 heterocycles. The van der Waals surface area contributed by atoms with Gasteiger partial charge in [-0.3, -0.25) is 9.59 Å². The second-order valence-electron chi connectivity index (χ2n) is 8.71. The fourth-order valence-electron chi connectivity index (χ4n) is 4.59. The van der Waals surface area contributed by atoms with Gasteiger partial charge in [0, 0.05) is 5.57 Å². The molecule has 2 aromatic carbocycles. The topological polar surface area (TPSA) is 92.6 Å². The smallest absolute Gasteiger partial charge is 0.295 e. The number of nitrogens with zero attached hydrogens (tertiary/aromatic N) is 1. The van der Waals surface area contributed by atoms with Crippen LogP contribution in [-0.2, 0) is 9.59 Å². The van der Waals surface area contributed by atoms with E-state index in [2.05, 4.69) is 13.8 Å². The van der Waals surface area contributed by atoms with Gasteiger partial charge < -0.3 is 29.1 Å². The highest BCUT2D eigenvalue weighted by Gasteiger charge is 2.44. The Balaban J connectivity index is 2.13. The number of Topliss-reactive ketones (excluding diaryl/α,β-unsaturated/α-hetero) is 1. The lowest BCUT2D eigenvalue weighted by Gasteiger charge is -2.29. The highest BCUT2D eigenvalue weighted by molar-refractivity contribution is 6.46. The van der Waals surface area contributed by atoms with Crippen LogP contribution in [0.5, 0.6) is 17.2 Å². The summed E-state index contributed by atoms with van der Waals surface area (Å²) in [4.78, 5) is 29.4. The zero-order valence-electron chi connectivity index (χ0n) is 22.5. The fourth-order valence-corrected chi connectivity index (χ4v) is 4.59. The summed E-state index contributed by atoms with van der Waals surface area (Å²) in [5.41, 5.74) is 0.919. The van der Waals surface area contributed by atoms with E-state index in [1.54, 1.807) is 42.5 Å². The summed E-state index contributed by atoms with van der Waals surface area (Å²) in [5.74, 6) is -0.164. The van der Waals surface area contributed by atoms with Crippen molar-refractivity contribution in [2.24, 2.45) is 0 Å². The van der Waals surface area contributed by atoms with Crippen molar-refractivity contribution in [3.05, 3.63) is 59.2 Å². The van der Waals surface area contributed by atoms with E-state index in [-0.39, 0.29) is 5.57 Å². The summed E-state index contributed by atoms with van der Waals surface area (Å²) in [6.07, 6.45) is 0. The van der Waals surface area contributed by atoms with E-state index in [1.807, 2.05) is 20.8 Å². The molecule has 1 N–H and O–H groups in total. The minimum Gasteiger partial charge on any atom is -0.872 e. The zero-order valence-corrected chi connectivity index (χ0v) is 22.5. The number of likely N-dealkylation sites (N-methyl/N-ethyl adjacent to an activating group) is 1. The number of hydrogen-bond acceptors (Lipinski definition) is 6. The van der Waals surface area contributed by atoms with Crippen molar-refractivity contribution in [3.63, 3.8) is 0 Å². The number of likely N-dealkylation sites (tertiary alicyclic amines) is 1. The Morgan fingerprint density at radius 2 is 1.49 bits per heavy atom. The molecule has 0 spiro atoms.